The normalized spacial score (nSPS) is 14.7. The van der Waals surface area contributed by atoms with Crippen molar-refractivity contribution in [2.75, 3.05) is 29.9 Å². The lowest BCUT2D eigenvalue weighted by atomic mass is 10.0. The minimum absolute atomic E-state index is 0.00560. The van der Waals surface area contributed by atoms with Gasteiger partial charge in [-0.1, -0.05) is 32.0 Å². The quantitative estimate of drug-likeness (QED) is 0.445. The number of nitrogens with one attached hydrogen (secondary N) is 2. The summed E-state index contributed by atoms with van der Waals surface area (Å²) in [6, 6.07) is 11.6. The Morgan fingerprint density at radius 1 is 1.11 bits per heavy atom. The van der Waals surface area contributed by atoms with E-state index in [0.29, 0.717) is 17.9 Å². The predicted octanol–water partition coefficient (Wildman–Crippen LogP) is 4.79. The van der Waals surface area contributed by atoms with Gasteiger partial charge in [0, 0.05) is 30.6 Å². The molecule has 11 heteroatoms. The molecule has 196 valence electrons. The molecule has 0 saturated carbocycles. The van der Waals surface area contributed by atoms with Crippen LogP contribution in [0.25, 0.3) is 11.5 Å². The molecular formula is C26H28F3N5O3. The van der Waals surface area contributed by atoms with Gasteiger partial charge in [-0.3, -0.25) is 9.59 Å². The lowest BCUT2D eigenvalue weighted by Gasteiger charge is -2.33. The van der Waals surface area contributed by atoms with Gasteiger partial charge in [-0.15, -0.1) is 0 Å². The molecule has 1 saturated heterocycles. The van der Waals surface area contributed by atoms with Gasteiger partial charge in [-0.25, -0.2) is 9.97 Å². The number of oxazole rings is 1. The first-order valence-corrected chi connectivity index (χ1v) is 12.0. The number of carbonyl (C=O) groups is 2. The Labute approximate surface area is 212 Å². The van der Waals surface area contributed by atoms with Gasteiger partial charge in [0.1, 0.15) is 11.6 Å². The van der Waals surface area contributed by atoms with Crippen molar-refractivity contribution >= 4 is 23.2 Å². The zero-order chi connectivity index (χ0) is 26.6. The maximum atomic E-state index is 13.5. The zero-order valence-corrected chi connectivity index (χ0v) is 20.5. The largest absolute Gasteiger partial charge is 0.452 e. The lowest BCUT2D eigenvalue weighted by molar-refractivity contribution is -0.153. The molecule has 1 amide bonds. The van der Waals surface area contributed by atoms with Crippen molar-refractivity contribution in [1.29, 1.82) is 0 Å². The molecule has 0 unspecified atom stereocenters. The lowest BCUT2D eigenvalue weighted by Crippen LogP contribution is -2.44. The average Bonchev–Trinajstić information content (AvgIpc) is 3.35. The number of anilines is 2. The summed E-state index contributed by atoms with van der Waals surface area (Å²) in [5, 5.41) is 5.74. The number of ketones is 1. The van der Waals surface area contributed by atoms with Crippen LogP contribution >= 0.6 is 0 Å². The molecule has 3 aromatic rings. The summed E-state index contributed by atoms with van der Waals surface area (Å²) in [5.74, 6) is -1.91. The Hall–Kier alpha value is -3.73. The van der Waals surface area contributed by atoms with Crippen molar-refractivity contribution in [3.05, 3.63) is 60.1 Å². The molecule has 1 aromatic carbocycles. The fourth-order valence-electron chi connectivity index (χ4n) is 3.97. The standard InChI is InChI=1S/C26H28F3N5O3/c1-16(2)20(35)15-30-18-10-12-34(13-11-18)21-9-8-19(14-31-21)32-24(36)22-23(26(27,28)29)37-25(33-22)17-6-4-3-5-7-17/h3-9,14,16,18,30H,10-13,15H2,1-2H3,(H,32,36). The van der Waals surface area contributed by atoms with Gasteiger partial charge in [-0.2, -0.15) is 13.2 Å². The number of halogens is 3. The number of alkyl halides is 3. The van der Waals surface area contributed by atoms with Gasteiger partial charge in [0.05, 0.1) is 18.4 Å². The molecule has 1 aliphatic rings. The van der Waals surface area contributed by atoms with Crippen LogP contribution in [0.2, 0.25) is 0 Å². The highest BCUT2D eigenvalue weighted by atomic mass is 19.4. The summed E-state index contributed by atoms with van der Waals surface area (Å²) in [7, 11) is 0. The third-order valence-corrected chi connectivity index (χ3v) is 6.15. The third kappa shape index (κ3) is 6.53. The van der Waals surface area contributed by atoms with E-state index in [2.05, 4.69) is 25.5 Å². The Bertz CT molecular complexity index is 1220. The molecule has 4 rings (SSSR count). The minimum atomic E-state index is -4.89. The van der Waals surface area contributed by atoms with Crippen LogP contribution in [-0.4, -0.2) is 47.3 Å². The molecule has 8 nitrogen and oxygen atoms in total. The van der Waals surface area contributed by atoms with E-state index in [1.807, 2.05) is 13.8 Å². The highest BCUT2D eigenvalue weighted by Crippen LogP contribution is 2.35. The van der Waals surface area contributed by atoms with Crippen LogP contribution < -0.4 is 15.5 Å². The SMILES string of the molecule is CC(C)C(=O)CNC1CCN(c2ccc(NC(=O)c3nc(-c4ccccc4)oc3C(F)(F)F)cn2)CC1. The Morgan fingerprint density at radius 2 is 1.81 bits per heavy atom. The minimum Gasteiger partial charge on any atom is -0.431 e. The summed E-state index contributed by atoms with van der Waals surface area (Å²) in [5.41, 5.74) is -0.292. The van der Waals surface area contributed by atoms with Gasteiger partial charge in [0.15, 0.2) is 5.69 Å². The summed E-state index contributed by atoms with van der Waals surface area (Å²) >= 11 is 0. The third-order valence-electron chi connectivity index (χ3n) is 6.15. The van der Waals surface area contributed by atoms with E-state index in [4.69, 9.17) is 4.42 Å². The second kappa shape index (κ2) is 11.1. The van der Waals surface area contributed by atoms with Crippen molar-refractivity contribution in [3.63, 3.8) is 0 Å². The van der Waals surface area contributed by atoms with Crippen molar-refractivity contribution in [3.8, 4) is 11.5 Å². The molecule has 2 N–H and O–H groups in total. The maximum absolute atomic E-state index is 13.5. The van der Waals surface area contributed by atoms with Crippen molar-refractivity contribution in [2.45, 2.75) is 38.9 Å². The smallest absolute Gasteiger partial charge is 0.431 e. The Morgan fingerprint density at radius 3 is 2.41 bits per heavy atom. The molecule has 3 heterocycles. The van der Waals surface area contributed by atoms with Crippen LogP contribution in [0.4, 0.5) is 24.7 Å². The summed E-state index contributed by atoms with van der Waals surface area (Å²) < 4.78 is 45.5. The van der Waals surface area contributed by atoms with E-state index in [-0.39, 0.29) is 29.3 Å². The predicted molar refractivity (Wildman–Crippen MR) is 132 cm³/mol. The van der Waals surface area contributed by atoms with Crippen LogP contribution in [0.15, 0.2) is 53.1 Å². The number of pyridine rings is 1. The molecular weight excluding hydrogens is 487 g/mol. The highest BCUT2D eigenvalue weighted by molar-refractivity contribution is 6.04. The first kappa shape index (κ1) is 26.3. The molecule has 0 spiro atoms. The maximum Gasteiger partial charge on any atom is 0.452 e. The van der Waals surface area contributed by atoms with Crippen molar-refractivity contribution in [1.82, 2.24) is 15.3 Å². The molecule has 0 atom stereocenters. The number of hydrogen-bond acceptors (Lipinski definition) is 7. The van der Waals surface area contributed by atoms with Crippen LogP contribution in [0.5, 0.6) is 0 Å². The monoisotopic (exact) mass is 515 g/mol. The van der Waals surface area contributed by atoms with Crippen LogP contribution in [0.3, 0.4) is 0 Å². The van der Waals surface area contributed by atoms with Gasteiger partial charge in [0.2, 0.25) is 11.7 Å². The molecule has 1 aliphatic heterocycles. The van der Waals surface area contributed by atoms with Gasteiger partial charge < -0.3 is 20.0 Å². The number of Topliss-reactive ketones (excluding diaryl/α,β-unsaturated/α-hetero) is 1. The van der Waals surface area contributed by atoms with Crippen LogP contribution in [-0.2, 0) is 11.0 Å². The van der Waals surface area contributed by atoms with E-state index in [1.165, 1.54) is 6.20 Å². The van der Waals surface area contributed by atoms with Crippen LogP contribution in [0.1, 0.15) is 42.9 Å². The number of carbonyl (C=O) groups excluding carboxylic acids is 2. The first-order chi connectivity index (χ1) is 17.6. The van der Waals surface area contributed by atoms with E-state index < -0.39 is 23.5 Å². The summed E-state index contributed by atoms with van der Waals surface area (Å²) in [6.07, 6.45) is -1.80. The number of benzene rings is 1. The van der Waals surface area contributed by atoms with Gasteiger partial charge >= 0.3 is 6.18 Å². The number of rotatable bonds is 8. The highest BCUT2D eigenvalue weighted by Gasteiger charge is 2.42. The first-order valence-electron chi connectivity index (χ1n) is 12.0. The van der Waals surface area contributed by atoms with E-state index >= 15 is 0 Å². The number of piperidine rings is 1. The van der Waals surface area contributed by atoms with Gasteiger partial charge in [0.25, 0.3) is 5.91 Å². The zero-order valence-electron chi connectivity index (χ0n) is 20.5. The van der Waals surface area contributed by atoms with E-state index in [0.717, 1.165) is 25.9 Å². The fraction of sp³-hybridized carbons (Fsp3) is 0.385. The number of amides is 1. The molecule has 1 fully saturated rings. The summed E-state index contributed by atoms with van der Waals surface area (Å²) in [4.78, 5) is 34.8. The topological polar surface area (TPSA) is 100 Å². The van der Waals surface area contributed by atoms with Gasteiger partial charge in [-0.05, 0) is 37.1 Å². The second-order valence-electron chi connectivity index (χ2n) is 9.18. The molecule has 0 bridgehead atoms. The molecule has 0 radical (unpaired) electrons. The number of nitrogens with zero attached hydrogens (tertiary/aromatic N) is 3. The number of aromatic nitrogens is 2. The Kier molecular flexibility index (Phi) is 7.91. The second-order valence-corrected chi connectivity index (χ2v) is 9.18. The number of hydrogen-bond donors (Lipinski definition) is 2. The Balaban J connectivity index is 1.38. The van der Waals surface area contributed by atoms with Crippen molar-refractivity contribution < 1.29 is 27.2 Å². The molecule has 0 aliphatic carbocycles. The average molecular weight is 516 g/mol. The van der Waals surface area contributed by atoms with Crippen LogP contribution in [0, 0.1) is 5.92 Å². The van der Waals surface area contributed by atoms with E-state index in [1.54, 1.807) is 42.5 Å². The summed E-state index contributed by atoms with van der Waals surface area (Å²) in [6.45, 7) is 5.61. The molecule has 37 heavy (non-hydrogen) atoms. The fourth-order valence-corrected chi connectivity index (χ4v) is 3.97. The van der Waals surface area contributed by atoms with Crippen molar-refractivity contribution in [2.24, 2.45) is 5.92 Å². The molecule has 2 aromatic heterocycles. The van der Waals surface area contributed by atoms with E-state index in [9.17, 15) is 22.8 Å².